The van der Waals surface area contributed by atoms with Crippen molar-refractivity contribution in [3.63, 3.8) is 0 Å². The molecule has 1 aromatic carbocycles. The van der Waals surface area contributed by atoms with Crippen LogP contribution < -0.4 is 0 Å². The number of aromatic amines is 1. The van der Waals surface area contributed by atoms with Crippen molar-refractivity contribution in [3.05, 3.63) is 30.0 Å². The van der Waals surface area contributed by atoms with Crippen molar-refractivity contribution in [1.82, 2.24) is 4.98 Å². The van der Waals surface area contributed by atoms with Crippen LogP contribution in [0.15, 0.2) is 29.3 Å². The third-order valence-corrected chi connectivity index (χ3v) is 2.90. The van der Waals surface area contributed by atoms with Crippen molar-refractivity contribution in [1.29, 1.82) is 5.26 Å². The van der Waals surface area contributed by atoms with Crippen LogP contribution in [0.2, 0.25) is 0 Å². The monoisotopic (exact) mass is 224 g/mol. The topological polar surface area (TPSA) is 73.7 Å². The molecular weight excluding hydrogens is 219 g/mol. The Balaban J connectivity index is 2.80. The minimum absolute atomic E-state index is 0.247. The molecule has 1 N–H and O–H groups in total. The van der Waals surface area contributed by atoms with Crippen LogP contribution in [0.5, 0.6) is 0 Å². The predicted octanol–water partition coefficient (Wildman–Crippen LogP) is 1.70. The Kier molecular flexibility index (Phi) is 1.98. The smallest absolute Gasteiger partial charge is 0.334 e. The van der Waals surface area contributed by atoms with Crippen molar-refractivity contribution in [2.45, 2.75) is 4.90 Å². The molecule has 0 aliphatic carbocycles. The molecule has 4 nitrogen and oxygen atoms in total. The van der Waals surface area contributed by atoms with Gasteiger partial charge in [-0.2, -0.15) is 13.7 Å². The van der Waals surface area contributed by atoms with Gasteiger partial charge in [-0.15, -0.1) is 3.89 Å². The van der Waals surface area contributed by atoms with Gasteiger partial charge < -0.3 is 4.98 Å². The quantitative estimate of drug-likeness (QED) is 0.749. The normalized spacial score (nSPS) is 11.5. The molecule has 6 heteroatoms. The molecule has 0 saturated carbocycles. The number of nitrogens with zero attached hydrogens (tertiary/aromatic N) is 1. The number of halogens is 1. The van der Waals surface area contributed by atoms with Gasteiger partial charge in [-0.05, 0) is 12.1 Å². The van der Waals surface area contributed by atoms with E-state index in [1.807, 2.05) is 6.07 Å². The summed E-state index contributed by atoms with van der Waals surface area (Å²) in [7, 11) is -4.72. The van der Waals surface area contributed by atoms with Crippen LogP contribution in [0.4, 0.5) is 3.89 Å². The standard InChI is InChI=1S/C9H5FN2O2S/c10-15(13,14)9-5-12-8-3-6(4-11)1-2-7(8)9/h1-3,5,12H. The Morgan fingerprint density at radius 1 is 1.40 bits per heavy atom. The summed E-state index contributed by atoms with van der Waals surface area (Å²) in [6.45, 7) is 0. The maximum absolute atomic E-state index is 12.8. The Labute approximate surface area is 85.2 Å². The summed E-state index contributed by atoms with van der Waals surface area (Å²) in [6, 6.07) is 6.20. The molecule has 76 valence electrons. The largest absolute Gasteiger partial charge is 0.360 e. The minimum atomic E-state index is -4.72. The van der Waals surface area contributed by atoms with Gasteiger partial charge >= 0.3 is 10.2 Å². The lowest BCUT2D eigenvalue weighted by atomic mass is 10.2. The van der Waals surface area contributed by atoms with E-state index in [1.165, 1.54) is 18.2 Å². The SMILES string of the molecule is N#Cc1ccc2c(S(=O)(=O)F)c[nH]c2c1. The number of benzene rings is 1. The zero-order valence-corrected chi connectivity index (χ0v) is 8.18. The number of hydrogen-bond donors (Lipinski definition) is 1. The summed E-state index contributed by atoms with van der Waals surface area (Å²) in [5.74, 6) is 0. The van der Waals surface area contributed by atoms with Gasteiger partial charge in [0.05, 0.1) is 11.6 Å². The van der Waals surface area contributed by atoms with E-state index >= 15 is 0 Å². The average Bonchev–Trinajstić information content (AvgIpc) is 2.59. The Morgan fingerprint density at radius 2 is 2.13 bits per heavy atom. The van der Waals surface area contributed by atoms with Crippen LogP contribution in [-0.2, 0) is 10.2 Å². The van der Waals surface area contributed by atoms with E-state index in [9.17, 15) is 12.3 Å². The Hall–Kier alpha value is -1.87. The number of aromatic nitrogens is 1. The van der Waals surface area contributed by atoms with Gasteiger partial charge in [0.2, 0.25) is 0 Å². The number of nitrogens with one attached hydrogen (secondary N) is 1. The molecule has 0 bridgehead atoms. The van der Waals surface area contributed by atoms with Gasteiger partial charge in [-0.25, -0.2) is 0 Å². The van der Waals surface area contributed by atoms with Crippen LogP contribution in [0.1, 0.15) is 5.56 Å². The molecule has 0 aliphatic rings. The molecular formula is C9H5FN2O2S. The van der Waals surface area contributed by atoms with Crippen molar-refractivity contribution in [3.8, 4) is 6.07 Å². The van der Waals surface area contributed by atoms with Gasteiger partial charge in [-0.1, -0.05) is 6.07 Å². The maximum atomic E-state index is 12.8. The average molecular weight is 224 g/mol. The van der Waals surface area contributed by atoms with E-state index < -0.39 is 15.1 Å². The highest BCUT2D eigenvalue weighted by atomic mass is 32.3. The molecule has 2 rings (SSSR count). The van der Waals surface area contributed by atoms with Crippen LogP contribution in [-0.4, -0.2) is 13.4 Å². The van der Waals surface area contributed by atoms with Crippen LogP contribution in [0, 0.1) is 11.3 Å². The van der Waals surface area contributed by atoms with Crippen molar-refractivity contribution >= 4 is 21.1 Å². The fraction of sp³-hybridized carbons (Fsp3) is 0. The summed E-state index contributed by atoms with van der Waals surface area (Å²) in [5, 5.41) is 8.85. The second-order valence-electron chi connectivity index (χ2n) is 2.96. The third-order valence-electron chi connectivity index (χ3n) is 2.04. The molecule has 0 radical (unpaired) electrons. The molecule has 0 amide bonds. The highest BCUT2D eigenvalue weighted by Crippen LogP contribution is 2.24. The summed E-state index contributed by atoms with van der Waals surface area (Å²) in [6.07, 6.45) is 1.07. The summed E-state index contributed by atoms with van der Waals surface area (Å²) >= 11 is 0. The van der Waals surface area contributed by atoms with Crippen molar-refractivity contribution in [2.75, 3.05) is 0 Å². The van der Waals surface area contributed by atoms with E-state index in [2.05, 4.69) is 4.98 Å². The summed E-state index contributed by atoms with van der Waals surface area (Å²) in [4.78, 5) is 2.20. The lowest BCUT2D eigenvalue weighted by Gasteiger charge is -1.92. The first kappa shape index (κ1) is 9.68. The first-order chi connectivity index (χ1) is 7.02. The molecule has 1 aromatic heterocycles. The van der Waals surface area contributed by atoms with Crippen LogP contribution >= 0.6 is 0 Å². The lowest BCUT2D eigenvalue weighted by molar-refractivity contribution is 0.553. The van der Waals surface area contributed by atoms with Gasteiger partial charge in [0, 0.05) is 17.1 Å². The Bertz CT molecular complexity index is 667. The molecule has 0 saturated heterocycles. The second-order valence-corrected chi connectivity index (χ2v) is 4.28. The molecule has 0 atom stereocenters. The van der Waals surface area contributed by atoms with E-state index in [-0.39, 0.29) is 5.39 Å². The highest BCUT2D eigenvalue weighted by Gasteiger charge is 2.17. The zero-order valence-electron chi connectivity index (χ0n) is 7.36. The molecule has 0 unspecified atom stereocenters. The second kappa shape index (κ2) is 3.07. The van der Waals surface area contributed by atoms with Crippen molar-refractivity contribution < 1.29 is 12.3 Å². The summed E-state index contributed by atoms with van der Waals surface area (Å²) in [5.41, 5.74) is 0.803. The molecule has 0 spiro atoms. The summed E-state index contributed by atoms with van der Waals surface area (Å²) < 4.78 is 34.2. The number of rotatable bonds is 1. The number of fused-ring (bicyclic) bond motifs is 1. The fourth-order valence-corrected chi connectivity index (χ4v) is 2.01. The number of H-pyrrole nitrogens is 1. The first-order valence-electron chi connectivity index (χ1n) is 3.98. The molecule has 2 aromatic rings. The highest BCUT2D eigenvalue weighted by molar-refractivity contribution is 7.86. The van der Waals surface area contributed by atoms with E-state index in [1.54, 1.807) is 0 Å². The van der Waals surface area contributed by atoms with Gasteiger partial charge in [-0.3, -0.25) is 0 Å². The minimum Gasteiger partial charge on any atom is -0.360 e. The first-order valence-corrected chi connectivity index (χ1v) is 5.36. The Morgan fingerprint density at radius 3 is 2.73 bits per heavy atom. The maximum Gasteiger partial charge on any atom is 0.334 e. The van der Waals surface area contributed by atoms with Crippen molar-refractivity contribution in [2.24, 2.45) is 0 Å². The molecule has 15 heavy (non-hydrogen) atoms. The van der Waals surface area contributed by atoms with E-state index in [0.717, 1.165) is 6.20 Å². The third kappa shape index (κ3) is 1.57. The van der Waals surface area contributed by atoms with Gasteiger partial charge in [0.25, 0.3) is 0 Å². The zero-order chi connectivity index (χ0) is 11.1. The molecule has 1 heterocycles. The van der Waals surface area contributed by atoms with E-state index in [0.29, 0.717) is 11.1 Å². The number of nitriles is 1. The molecule has 0 aliphatic heterocycles. The number of hydrogen-bond acceptors (Lipinski definition) is 3. The lowest BCUT2D eigenvalue weighted by Crippen LogP contribution is -1.89. The predicted molar refractivity (Wildman–Crippen MR) is 51.3 cm³/mol. The van der Waals surface area contributed by atoms with Crippen LogP contribution in [0.25, 0.3) is 10.9 Å². The van der Waals surface area contributed by atoms with Crippen LogP contribution in [0.3, 0.4) is 0 Å². The van der Waals surface area contributed by atoms with Gasteiger partial charge in [0.15, 0.2) is 0 Å². The molecule has 0 fully saturated rings. The van der Waals surface area contributed by atoms with Gasteiger partial charge in [0.1, 0.15) is 4.90 Å². The fourth-order valence-electron chi connectivity index (χ4n) is 1.37. The van der Waals surface area contributed by atoms with E-state index in [4.69, 9.17) is 5.26 Å².